The maximum atomic E-state index is 14.1. The van der Waals surface area contributed by atoms with Crippen molar-refractivity contribution in [3.63, 3.8) is 0 Å². The Morgan fingerprint density at radius 2 is 1.91 bits per heavy atom. The summed E-state index contributed by atoms with van der Waals surface area (Å²) in [7, 11) is 0. The molecule has 1 heterocycles. The molecule has 0 unspecified atom stereocenters. The average Bonchev–Trinajstić information content (AvgIpc) is 3.63. The summed E-state index contributed by atoms with van der Waals surface area (Å²) in [5.41, 5.74) is 1.19. The summed E-state index contributed by atoms with van der Waals surface area (Å²) < 4.78 is 0. The molecule has 4 atom stereocenters. The minimum atomic E-state index is -0.792. The lowest BCUT2D eigenvalue weighted by atomic mass is 9.79. The van der Waals surface area contributed by atoms with Crippen molar-refractivity contribution in [1.82, 2.24) is 10.2 Å². The zero-order valence-electron chi connectivity index (χ0n) is 18.3. The van der Waals surface area contributed by atoms with Gasteiger partial charge in [-0.1, -0.05) is 60.5 Å². The van der Waals surface area contributed by atoms with Gasteiger partial charge in [-0.05, 0) is 67.0 Å². The maximum Gasteiger partial charge on any atom is 0.244 e. The van der Waals surface area contributed by atoms with Crippen molar-refractivity contribution in [2.75, 3.05) is 6.61 Å². The van der Waals surface area contributed by atoms with Crippen molar-refractivity contribution in [1.29, 1.82) is 0 Å². The molecule has 2 aromatic carbocycles. The van der Waals surface area contributed by atoms with E-state index in [0.29, 0.717) is 28.8 Å². The number of benzene rings is 2. The van der Waals surface area contributed by atoms with Crippen molar-refractivity contribution in [2.45, 2.75) is 56.3 Å². The number of amides is 1. The van der Waals surface area contributed by atoms with Crippen LogP contribution in [0.5, 0.6) is 0 Å². The molecule has 1 amide bonds. The van der Waals surface area contributed by atoms with Gasteiger partial charge in [-0.25, -0.2) is 0 Å². The first-order valence-corrected chi connectivity index (χ1v) is 12.0. The van der Waals surface area contributed by atoms with Crippen LogP contribution in [0.1, 0.15) is 55.8 Å². The summed E-state index contributed by atoms with van der Waals surface area (Å²) >= 11 is 12.6. The molecule has 0 radical (unpaired) electrons. The SMILES string of the molecule is C=CC[C@]1(CC)N[C@H](c2cccc(Cl)c2)[C@H](c2ccc(Cl)cc2)N([C@H](CO)C2CC2)C1=O. The van der Waals surface area contributed by atoms with Gasteiger partial charge < -0.3 is 10.0 Å². The van der Waals surface area contributed by atoms with Gasteiger partial charge in [0.2, 0.25) is 5.91 Å². The Morgan fingerprint density at radius 3 is 2.47 bits per heavy atom. The van der Waals surface area contributed by atoms with Gasteiger partial charge in [-0.3, -0.25) is 10.1 Å². The Balaban J connectivity index is 1.91. The van der Waals surface area contributed by atoms with Crippen molar-refractivity contribution in [3.8, 4) is 0 Å². The predicted molar refractivity (Wildman–Crippen MR) is 130 cm³/mol. The number of piperazine rings is 1. The van der Waals surface area contributed by atoms with Crippen LogP contribution in [-0.2, 0) is 4.79 Å². The van der Waals surface area contributed by atoms with Gasteiger partial charge in [0, 0.05) is 10.0 Å². The second-order valence-corrected chi connectivity index (χ2v) is 9.77. The highest BCUT2D eigenvalue weighted by Crippen LogP contribution is 2.48. The van der Waals surface area contributed by atoms with E-state index in [2.05, 4.69) is 11.9 Å². The Hall–Kier alpha value is -1.85. The highest BCUT2D eigenvalue weighted by atomic mass is 35.5. The third kappa shape index (κ3) is 4.34. The van der Waals surface area contributed by atoms with Gasteiger partial charge >= 0.3 is 0 Å². The number of rotatable bonds is 8. The van der Waals surface area contributed by atoms with Crippen LogP contribution < -0.4 is 5.32 Å². The van der Waals surface area contributed by atoms with E-state index in [9.17, 15) is 9.90 Å². The number of carbonyl (C=O) groups excluding carboxylic acids is 1. The van der Waals surface area contributed by atoms with Crippen LogP contribution in [0, 0.1) is 5.92 Å². The van der Waals surface area contributed by atoms with E-state index in [1.807, 2.05) is 60.4 Å². The number of aliphatic hydroxyl groups excluding tert-OH is 1. The Kier molecular flexibility index (Phi) is 6.97. The number of hydrogen-bond donors (Lipinski definition) is 2. The van der Waals surface area contributed by atoms with Crippen LogP contribution in [0.25, 0.3) is 0 Å². The average molecular weight is 473 g/mol. The Morgan fingerprint density at radius 1 is 1.19 bits per heavy atom. The summed E-state index contributed by atoms with van der Waals surface area (Å²) in [6.45, 7) is 5.89. The first kappa shape index (κ1) is 23.3. The van der Waals surface area contributed by atoms with E-state index in [0.717, 1.165) is 24.0 Å². The molecule has 4 nitrogen and oxygen atoms in total. The van der Waals surface area contributed by atoms with Gasteiger partial charge in [0.25, 0.3) is 0 Å². The molecule has 2 N–H and O–H groups in total. The van der Waals surface area contributed by atoms with E-state index >= 15 is 0 Å². The van der Waals surface area contributed by atoms with Crippen molar-refractivity contribution in [3.05, 3.63) is 82.4 Å². The van der Waals surface area contributed by atoms with E-state index in [-0.39, 0.29) is 30.6 Å². The van der Waals surface area contributed by atoms with Crippen LogP contribution in [-0.4, -0.2) is 34.1 Å². The van der Waals surface area contributed by atoms with Crippen molar-refractivity contribution in [2.24, 2.45) is 5.92 Å². The van der Waals surface area contributed by atoms with Gasteiger partial charge in [0.15, 0.2) is 0 Å². The Labute approximate surface area is 200 Å². The van der Waals surface area contributed by atoms with Crippen LogP contribution in [0.2, 0.25) is 10.0 Å². The highest BCUT2D eigenvalue weighted by molar-refractivity contribution is 6.30. The molecule has 32 heavy (non-hydrogen) atoms. The van der Waals surface area contributed by atoms with Crippen LogP contribution in [0.3, 0.4) is 0 Å². The van der Waals surface area contributed by atoms with E-state index in [1.54, 1.807) is 6.08 Å². The fourth-order valence-corrected chi connectivity index (χ4v) is 5.37. The second kappa shape index (κ2) is 9.56. The zero-order chi connectivity index (χ0) is 22.9. The molecular formula is C26H30Cl2N2O2. The summed E-state index contributed by atoms with van der Waals surface area (Å²) in [4.78, 5) is 16.1. The molecule has 0 bridgehead atoms. The smallest absolute Gasteiger partial charge is 0.244 e. The molecule has 1 saturated heterocycles. The lowest BCUT2D eigenvalue weighted by molar-refractivity contribution is -0.154. The first-order valence-electron chi connectivity index (χ1n) is 11.3. The third-order valence-electron chi connectivity index (χ3n) is 6.92. The number of nitrogens with zero attached hydrogens (tertiary/aromatic N) is 1. The zero-order valence-corrected chi connectivity index (χ0v) is 19.8. The number of aliphatic hydroxyl groups is 1. The van der Waals surface area contributed by atoms with E-state index < -0.39 is 5.54 Å². The molecule has 1 aliphatic heterocycles. The molecular weight excluding hydrogens is 443 g/mol. The first-order chi connectivity index (χ1) is 15.4. The molecule has 6 heteroatoms. The lowest BCUT2D eigenvalue weighted by Crippen LogP contribution is -2.68. The molecule has 170 valence electrons. The van der Waals surface area contributed by atoms with Crippen LogP contribution in [0.15, 0.2) is 61.2 Å². The van der Waals surface area contributed by atoms with Crippen LogP contribution in [0.4, 0.5) is 0 Å². The van der Waals surface area contributed by atoms with Gasteiger partial charge in [-0.15, -0.1) is 6.58 Å². The van der Waals surface area contributed by atoms with Crippen molar-refractivity contribution >= 4 is 29.1 Å². The molecule has 4 rings (SSSR count). The van der Waals surface area contributed by atoms with Gasteiger partial charge in [0.05, 0.1) is 24.7 Å². The Bertz CT molecular complexity index is 976. The molecule has 0 spiro atoms. The molecule has 1 saturated carbocycles. The quantitative estimate of drug-likeness (QED) is 0.484. The fraction of sp³-hybridized carbons (Fsp3) is 0.423. The van der Waals surface area contributed by atoms with Gasteiger partial charge in [0.1, 0.15) is 5.54 Å². The third-order valence-corrected chi connectivity index (χ3v) is 7.40. The van der Waals surface area contributed by atoms with E-state index in [4.69, 9.17) is 23.2 Å². The number of hydrogen-bond acceptors (Lipinski definition) is 3. The summed E-state index contributed by atoms with van der Waals surface area (Å²) in [6, 6.07) is 14.7. The monoisotopic (exact) mass is 472 g/mol. The largest absolute Gasteiger partial charge is 0.394 e. The fourth-order valence-electron chi connectivity index (χ4n) is 5.04. The summed E-state index contributed by atoms with van der Waals surface area (Å²) in [5.74, 6) is 0.333. The number of carbonyl (C=O) groups is 1. The summed E-state index contributed by atoms with van der Waals surface area (Å²) in [6.07, 6.45) is 4.97. The topological polar surface area (TPSA) is 52.6 Å². The predicted octanol–water partition coefficient (Wildman–Crippen LogP) is 5.70. The number of halogens is 2. The van der Waals surface area contributed by atoms with Gasteiger partial charge in [-0.2, -0.15) is 0 Å². The molecule has 2 fully saturated rings. The molecule has 1 aliphatic carbocycles. The lowest BCUT2D eigenvalue weighted by Gasteiger charge is -2.53. The second-order valence-electron chi connectivity index (χ2n) is 8.90. The minimum absolute atomic E-state index is 0.0177. The van der Waals surface area contributed by atoms with Crippen molar-refractivity contribution < 1.29 is 9.90 Å². The maximum absolute atomic E-state index is 14.1. The molecule has 2 aromatic rings. The normalized spacial score (nSPS) is 26.8. The molecule has 2 aliphatic rings. The number of nitrogens with one attached hydrogen (secondary N) is 1. The minimum Gasteiger partial charge on any atom is -0.394 e. The summed E-state index contributed by atoms with van der Waals surface area (Å²) in [5, 5.41) is 15.4. The van der Waals surface area contributed by atoms with Crippen LogP contribution >= 0.6 is 23.2 Å². The standard InChI is InChI=1S/C26H30Cl2N2O2/c1-3-14-26(4-2)25(32)30(22(16-31)17-8-9-17)24(18-10-12-20(27)13-11-18)23(29-26)19-6-5-7-21(28)15-19/h3,5-7,10-13,15,17,22-24,29,31H,1,4,8-9,14,16H2,2H3/t22-,23-,24+,26+/m1/s1. The highest BCUT2D eigenvalue weighted by Gasteiger charge is 2.54. The molecule has 0 aromatic heterocycles. The van der Waals surface area contributed by atoms with E-state index in [1.165, 1.54) is 0 Å².